The molecule has 0 fully saturated rings. The van der Waals surface area contributed by atoms with Gasteiger partial charge in [0.1, 0.15) is 0 Å². The zero-order valence-corrected chi connectivity index (χ0v) is 10.6. The number of nitrogens with one attached hydrogen (secondary N) is 2. The molecule has 0 saturated carbocycles. The summed E-state index contributed by atoms with van der Waals surface area (Å²) in [5, 5.41) is 10.7. The maximum Gasteiger partial charge on any atom is 0.416 e. The van der Waals surface area contributed by atoms with Crippen LogP contribution in [0.2, 0.25) is 0 Å². The number of carbonyl (C=O) groups is 1. The monoisotopic (exact) mass is 296 g/mol. The molecule has 0 aliphatic carbocycles. The Morgan fingerprint density at radius 3 is 1.81 bits per heavy atom. The van der Waals surface area contributed by atoms with Gasteiger partial charge in [-0.3, -0.25) is 5.21 Å². The van der Waals surface area contributed by atoms with E-state index in [2.05, 4.69) is 5.32 Å². The van der Waals surface area contributed by atoms with Crippen LogP contribution in [0, 0.1) is 0 Å². The molecule has 2 amide bonds. The van der Waals surface area contributed by atoms with Crippen LogP contribution >= 0.6 is 0 Å². The summed E-state index contributed by atoms with van der Waals surface area (Å²) in [4.78, 5) is 10.9. The topological polar surface area (TPSA) is 61.4 Å². The second-order valence-electron chi connectivity index (χ2n) is 4.22. The molecule has 0 unspecified atom stereocenters. The molecular weight excluding hydrogens is 285 g/mol. The van der Waals surface area contributed by atoms with E-state index in [1.54, 1.807) is 24.3 Å². The summed E-state index contributed by atoms with van der Waals surface area (Å²) in [5.41, 5.74) is 2.49. The van der Waals surface area contributed by atoms with Crippen LogP contribution in [0.5, 0.6) is 0 Å². The number of carbonyl (C=O) groups excluding carboxylic acids is 1. The molecule has 0 bridgehead atoms. The van der Waals surface area contributed by atoms with Crippen molar-refractivity contribution in [1.82, 2.24) is 5.48 Å². The molecule has 0 heterocycles. The summed E-state index contributed by atoms with van der Waals surface area (Å²) >= 11 is 0. The fourth-order valence-electron chi connectivity index (χ4n) is 1.76. The van der Waals surface area contributed by atoms with Crippen LogP contribution in [0.3, 0.4) is 0 Å². The van der Waals surface area contributed by atoms with Crippen LogP contribution in [-0.2, 0) is 6.18 Å². The Labute approximate surface area is 118 Å². The summed E-state index contributed by atoms with van der Waals surface area (Å²) in [7, 11) is 0. The van der Waals surface area contributed by atoms with Gasteiger partial charge in [0, 0.05) is 5.69 Å². The Balaban J connectivity index is 2.17. The van der Waals surface area contributed by atoms with Crippen LogP contribution in [0.25, 0.3) is 11.1 Å². The van der Waals surface area contributed by atoms with Crippen molar-refractivity contribution in [2.45, 2.75) is 6.18 Å². The molecule has 21 heavy (non-hydrogen) atoms. The average Bonchev–Trinajstić information content (AvgIpc) is 2.47. The Kier molecular flexibility index (Phi) is 4.13. The van der Waals surface area contributed by atoms with Crippen molar-refractivity contribution in [3.63, 3.8) is 0 Å². The maximum atomic E-state index is 12.5. The summed E-state index contributed by atoms with van der Waals surface area (Å²) in [6, 6.07) is 10.5. The number of hydrogen-bond donors (Lipinski definition) is 3. The largest absolute Gasteiger partial charge is 0.416 e. The van der Waals surface area contributed by atoms with Crippen molar-refractivity contribution < 1.29 is 23.2 Å². The van der Waals surface area contributed by atoms with E-state index in [0.29, 0.717) is 16.8 Å². The van der Waals surface area contributed by atoms with Gasteiger partial charge in [-0.2, -0.15) is 13.2 Å². The minimum absolute atomic E-state index is 0.442. The number of anilines is 1. The van der Waals surface area contributed by atoms with Gasteiger partial charge in [-0.1, -0.05) is 24.3 Å². The van der Waals surface area contributed by atoms with Gasteiger partial charge in [0.2, 0.25) is 0 Å². The van der Waals surface area contributed by atoms with E-state index in [1.807, 2.05) is 0 Å². The molecule has 0 spiro atoms. The van der Waals surface area contributed by atoms with Gasteiger partial charge in [0.05, 0.1) is 5.56 Å². The third-order valence-corrected chi connectivity index (χ3v) is 2.79. The third kappa shape index (κ3) is 3.73. The molecule has 0 atom stereocenters. The second-order valence-corrected chi connectivity index (χ2v) is 4.22. The summed E-state index contributed by atoms with van der Waals surface area (Å²) < 4.78 is 37.4. The van der Waals surface area contributed by atoms with E-state index in [-0.39, 0.29) is 0 Å². The van der Waals surface area contributed by atoms with Gasteiger partial charge in [0.25, 0.3) is 0 Å². The average molecular weight is 296 g/mol. The van der Waals surface area contributed by atoms with Gasteiger partial charge in [-0.25, -0.2) is 10.3 Å². The maximum absolute atomic E-state index is 12.5. The first kappa shape index (κ1) is 14.9. The first-order chi connectivity index (χ1) is 9.90. The van der Waals surface area contributed by atoms with Crippen LogP contribution in [0.1, 0.15) is 5.56 Å². The molecule has 0 saturated heterocycles. The molecule has 110 valence electrons. The number of rotatable bonds is 2. The van der Waals surface area contributed by atoms with E-state index in [0.717, 1.165) is 12.1 Å². The molecule has 0 aliphatic rings. The highest BCUT2D eigenvalue weighted by molar-refractivity contribution is 5.88. The number of alkyl halides is 3. The van der Waals surface area contributed by atoms with Gasteiger partial charge in [0.15, 0.2) is 0 Å². The highest BCUT2D eigenvalue weighted by atomic mass is 19.4. The van der Waals surface area contributed by atoms with Crippen LogP contribution in [0.4, 0.5) is 23.7 Å². The van der Waals surface area contributed by atoms with Crippen molar-refractivity contribution in [2.24, 2.45) is 0 Å². The van der Waals surface area contributed by atoms with Crippen LogP contribution < -0.4 is 10.8 Å². The molecule has 4 nitrogen and oxygen atoms in total. The standard InChI is InChI=1S/C14H11F3N2O2/c15-14(16,17)11-5-1-9(2-6-11)10-3-7-12(8-4-10)18-13(20)19-21/h1-8,21H,(H2,18,19,20). The third-order valence-electron chi connectivity index (χ3n) is 2.79. The number of urea groups is 1. The molecule has 2 aromatic rings. The minimum atomic E-state index is -4.36. The SMILES string of the molecule is O=C(NO)Nc1ccc(-c2ccc(C(F)(F)F)cc2)cc1. The van der Waals surface area contributed by atoms with Crippen molar-refractivity contribution in [3.8, 4) is 11.1 Å². The van der Waals surface area contributed by atoms with E-state index in [4.69, 9.17) is 5.21 Å². The van der Waals surface area contributed by atoms with Crippen molar-refractivity contribution in [3.05, 3.63) is 54.1 Å². The predicted molar refractivity (Wildman–Crippen MR) is 70.8 cm³/mol. The lowest BCUT2D eigenvalue weighted by atomic mass is 10.0. The van der Waals surface area contributed by atoms with Crippen LogP contribution in [-0.4, -0.2) is 11.2 Å². The lowest BCUT2D eigenvalue weighted by Gasteiger charge is -2.08. The van der Waals surface area contributed by atoms with E-state index >= 15 is 0 Å². The number of hydroxylamine groups is 1. The van der Waals surface area contributed by atoms with Gasteiger partial charge < -0.3 is 5.32 Å². The molecule has 7 heteroatoms. The Morgan fingerprint density at radius 2 is 1.38 bits per heavy atom. The van der Waals surface area contributed by atoms with Crippen LogP contribution in [0.15, 0.2) is 48.5 Å². The molecule has 0 aliphatic heterocycles. The number of halogens is 3. The first-order valence-corrected chi connectivity index (χ1v) is 5.89. The van der Waals surface area contributed by atoms with Crippen molar-refractivity contribution in [2.75, 3.05) is 5.32 Å². The number of benzene rings is 2. The molecule has 2 rings (SSSR count). The fraction of sp³-hybridized carbons (Fsp3) is 0.0714. The number of amides is 2. The van der Waals surface area contributed by atoms with E-state index in [9.17, 15) is 18.0 Å². The van der Waals surface area contributed by atoms with Crippen molar-refractivity contribution in [1.29, 1.82) is 0 Å². The molecule has 0 aromatic heterocycles. The van der Waals surface area contributed by atoms with E-state index in [1.165, 1.54) is 17.6 Å². The number of hydrogen-bond acceptors (Lipinski definition) is 2. The summed E-state index contributed by atoms with van der Waals surface area (Å²) in [5.74, 6) is 0. The molecule has 0 radical (unpaired) electrons. The lowest BCUT2D eigenvalue weighted by molar-refractivity contribution is -0.137. The molecular formula is C14H11F3N2O2. The minimum Gasteiger partial charge on any atom is -0.306 e. The fourth-order valence-corrected chi connectivity index (χ4v) is 1.76. The van der Waals surface area contributed by atoms with E-state index < -0.39 is 17.8 Å². The molecule has 2 aromatic carbocycles. The Hall–Kier alpha value is -2.54. The normalized spacial score (nSPS) is 11.0. The zero-order chi connectivity index (χ0) is 15.5. The smallest absolute Gasteiger partial charge is 0.306 e. The Morgan fingerprint density at radius 1 is 0.905 bits per heavy atom. The predicted octanol–water partition coefficient (Wildman–Crippen LogP) is 3.88. The van der Waals surface area contributed by atoms with Gasteiger partial charge in [-0.05, 0) is 35.4 Å². The summed E-state index contributed by atoms with van der Waals surface area (Å²) in [6.07, 6.45) is -4.36. The van der Waals surface area contributed by atoms with Gasteiger partial charge in [-0.15, -0.1) is 0 Å². The highest BCUT2D eigenvalue weighted by Crippen LogP contribution is 2.31. The highest BCUT2D eigenvalue weighted by Gasteiger charge is 2.29. The lowest BCUT2D eigenvalue weighted by Crippen LogP contribution is -2.24. The zero-order valence-electron chi connectivity index (χ0n) is 10.6. The van der Waals surface area contributed by atoms with Gasteiger partial charge >= 0.3 is 12.2 Å². The quantitative estimate of drug-likeness (QED) is 0.581. The Bertz CT molecular complexity index is 622. The molecule has 3 N–H and O–H groups in total. The second kappa shape index (κ2) is 5.84. The first-order valence-electron chi connectivity index (χ1n) is 5.89. The van der Waals surface area contributed by atoms with Crippen molar-refractivity contribution >= 4 is 11.7 Å². The summed E-state index contributed by atoms with van der Waals surface area (Å²) in [6.45, 7) is 0.